The summed E-state index contributed by atoms with van der Waals surface area (Å²) >= 11 is 0. The molecular weight excluding hydrogens is 182 g/mol. The molecule has 0 bridgehead atoms. The second kappa shape index (κ2) is 4.36. The Bertz CT molecular complexity index is 295. The predicted octanol–water partition coefficient (Wildman–Crippen LogP) is 3.45. The van der Waals surface area contributed by atoms with E-state index in [1.165, 1.54) is 31.4 Å². The van der Waals surface area contributed by atoms with E-state index in [9.17, 15) is 0 Å². The SMILES string of the molecule is CCC1(CC)CCN1Cc1ccccc1. The van der Waals surface area contributed by atoms with Crippen molar-refractivity contribution < 1.29 is 0 Å². The van der Waals surface area contributed by atoms with Gasteiger partial charge in [-0.25, -0.2) is 0 Å². The molecule has 2 rings (SSSR count). The number of likely N-dealkylation sites (tertiary alicyclic amines) is 1. The fourth-order valence-electron chi connectivity index (χ4n) is 2.69. The molecule has 1 fully saturated rings. The van der Waals surface area contributed by atoms with Crippen LogP contribution in [0.3, 0.4) is 0 Å². The van der Waals surface area contributed by atoms with Crippen LogP contribution < -0.4 is 0 Å². The van der Waals surface area contributed by atoms with Gasteiger partial charge in [0.05, 0.1) is 0 Å². The number of benzene rings is 1. The molecule has 1 aromatic carbocycles. The van der Waals surface area contributed by atoms with Gasteiger partial charge in [0.2, 0.25) is 0 Å². The van der Waals surface area contributed by atoms with Crippen LogP contribution in [0.1, 0.15) is 38.7 Å². The molecule has 0 amide bonds. The molecule has 1 nitrogen and oxygen atoms in total. The number of hydrogen-bond donors (Lipinski definition) is 0. The summed E-state index contributed by atoms with van der Waals surface area (Å²) < 4.78 is 0. The molecule has 0 N–H and O–H groups in total. The molecule has 15 heavy (non-hydrogen) atoms. The third-order valence-electron chi connectivity index (χ3n) is 4.05. The van der Waals surface area contributed by atoms with Crippen LogP contribution >= 0.6 is 0 Å². The molecule has 0 aromatic heterocycles. The average molecular weight is 203 g/mol. The molecule has 82 valence electrons. The van der Waals surface area contributed by atoms with Crippen molar-refractivity contribution in [2.75, 3.05) is 6.54 Å². The van der Waals surface area contributed by atoms with Gasteiger partial charge in [0, 0.05) is 18.6 Å². The zero-order chi connectivity index (χ0) is 10.7. The Morgan fingerprint density at radius 3 is 2.27 bits per heavy atom. The Hall–Kier alpha value is -0.820. The second-order valence-corrected chi connectivity index (χ2v) is 4.59. The maximum atomic E-state index is 2.64. The van der Waals surface area contributed by atoms with Crippen molar-refractivity contribution in [3.05, 3.63) is 35.9 Å². The Morgan fingerprint density at radius 1 is 1.13 bits per heavy atom. The highest BCUT2D eigenvalue weighted by molar-refractivity contribution is 5.16. The molecule has 1 heterocycles. The van der Waals surface area contributed by atoms with Crippen LogP contribution in [-0.2, 0) is 6.54 Å². The minimum absolute atomic E-state index is 0.510. The summed E-state index contributed by atoms with van der Waals surface area (Å²) in [6, 6.07) is 10.8. The fourth-order valence-corrected chi connectivity index (χ4v) is 2.69. The van der Waals surface area contributed by atoms with Crippen LogP contribution in [0.25, 0.3) is 0 Å². The number of nitrogens with zero attached hydrogens (tertiary/aromatic N) is 1. The summed E-state index contributed by atoms with van der Waals surface area (Å²) in [5.74, 6) is 0. The average Bonchev–Trinajstić information content (AvgIpc) is 2.28. The summed E-state index contributed by atoms with van der Waals surface area (Å²) in [5, 5.41) is 0. The van der Waals surface area contributed by atoms with E-state index in [-0.39, 0.29) is 0 Å². The van der Waals surface area contributed by atoms with Crippen LogP contribution in [0.15, 0.2) is 30.3 Å². The zero-order valence-electron chi connectivity index (χ0n) is 9.87. The standard InChI is InChI=1S/C14H21N/c1-3-14(4-2)10-11-15(14)12-13-8-6-5-7-9-13/h5-9H,3-4,10-12H2,1-2H3. The summed E-state index contributed by atoms with van der Waals surface area (Å²) in [4.78, 5) is 2.64. The molecule has 0 unspecified atom stereocenters. The third kappa shape index (κ3) is 1.93. The van der Waals surface area contributed by atoms with Crippen LogP contribution in [0, 0.1) is 0 Å². The summed E-state index contributed by atoms with van der Waals surface area (Å²) in [6.45, 7) is 7.04. The molecule has 0 aliphatic carbocycles. The van der Waals surface area contributed by atoms with Gasteiger partial charge in [0.25, 0.3) is 0 Å². The van der Waals surface area contributed by atoms with Crippen molar-refractivity contribution in [1.29, 1.82) is 0 Å². The molecule has 0 spiro atoms. The first kappa shape index (κ1) is 10.7. The van der Waals surface area contributed by atoms with Gasteiger partial charge < -0.3 is 0 Å². The minimum Gasteiger partial charge on any atom is -0.293 e. The Morgan fingerprint density at radius 2 is 1.80 bits per heavy atom. The number of rotatable bonds is 4. The normalized spacial score (nSPS) is 19.9. The lowest BCUT2D eigenvalue weighted by molar-refractivity contribution is -0.0283. The van der Waals surface area contributed by atoms with Gasteiger partial charge in [-0.15, -0.1) is 0 Å². The van der Waals surface area contributed by atoms with E-state index in [0.717, 1.165) is 6.54 Å². The first-order valence-corrected chi connectivity index (χ1v) is 6.10. The quantitative estimate of drug-likeness (QED) is 0.724. The van der Waals surface area contributed by atoms with E-state index in [2.05, 4.69) is 49.1 Å². The molecule has 1 aliphatic heterocycles. The zero-order valence-corrected chi connectivity index (χ0v) is 9.87. The molecule has 1 aliphatic rings. The van der Waals surface area contributed by atoms with Gasteiger partial charge in [-0.1, -0.05) is 44.2 Å². The van der Waals surface area contributed by atoms with E-state index >= 15 is 0 Å². The molecule has 0 atom stereocenters. The van der Waals surface area contributed by atoms with Crippen molar-refractivity contribution in [1.82, 2.24) is 4.90 Å². The smallest absolute Gasteiger partial charge is 0.0239 e. The number of hydrogen-bond acceptors (Lipinski definition) is 1. The van der Waals surface area contributed by atoms with Crippen molar-refractivity contribution in [3.8, 4) is 0 Å². The van der Waals surface area contributed by atoms with Gasteiger partial charge in [0.1, 0.15) is 0 Å². The molecule has 0 saturated carbocycles. The summed E-state index contributed by atoms with van der Waals surface area (Å²) in [7, 11) is 0. The van der Waals surface area contributed by atoms with E-state index in [0.29, 0.717) is 5.54 Å². The maximum Gasteiger partial charge on any atom is 0.0239 e. The highest BCUT2D eigenvalue weighted by atomic mass is 15.3. The summed E-state index contributed by atoms with van der Waals surface area (Å²) in [6.07, 6.45) is 3.96. The molecule has 1 saturated heterocycles. The topological polar surface area (TPSA) is 3.24 Å². The third-order valence-corrected chi connectivity index (χ3v) is 4.05. The lowest BCUT2D eigenvalue weighted by atomic mass is 9.79. The molecule has 0 radical (unpaired) electrons. The van der Waals surface area contributed by atoms with E-state index in [4.69, 9.17) is 0 Å². The van der Waals surface area contributed by atoms with Crippen molar-refractivity contribution in [2.45, 2.75) is 45.2 Å². The largest absolute Gasteiger partial charge is 0.293 e. The molecular formula is C14H21N. The van der Waals surface area contributed by atoms with E-state index in [1.807, 2.05) is 0 Å². The minimum atomic E-state index is 0.510. The predicted molar refractivity (Wildman–Crippen MR) is 64.8 cm³/mol. The van der Waals surface area contributed by atoms with Crippen LogP contribution in [0.2, 0.25) is 0 Å². The Labute approximate surface area is 93.1 Å². The van der Waals surface area contributed by atoms with Crippen LogP contribution in [-0.4, -0.2) is 17.0 Å². The monoisotopic (exact) mass is 203 g/mol. The van der Waals surface area contributed by atoms with Crippen LogP contribution in [0.5, 0.6) is 0 Å². The van der Waals surface area contributed by atoms with Gasteiger partial charge in [-0.3, -0.25) is 4.90 Å². The maximum absolute atomic E-state index is 2.64. The fraction of sp³-hybridized carbons (Fsp3) is 0.571. The van der Waals surface area contributed by atoms with Crippen molar-refractivity contribution in [2.24, 2.45) is 0 Å². The van der Waals surface area contributed by atoms with Gasteiger partial charge in [-0.05, 0) is 24.8 Å². The first-order chi connectivity index (χ1) is 7.30. The Kier molecular flexibility index (Phi) is 3.11. The second-order valence-electron chi connectivity index (χ2n) is 4.59. The van der Waals surface area contributed by atoms with Gasteiger partial charge in [0.15, 0.2) is 0 Å². The lowest BCUT2D eigenvalue weighted by Crippen LogP contribution is -2.58. The molecule has 1 heteroatoms. The lowest BCUT2D eigenvalue weighted by Gasteiger charge is -2.52. The van der Waals surface area contributed by atoms with Gasteiger partial charge >= 0.3 is 0 Å². The van der Waals surface area contributed by atoms with Gasteiger partial charge in [-0.2, -0.15) is 0 Å². The van der Waals surface area contributed by atoms with E-state index in [1.54, 1.807) is 0 Å². The first-order valence-electron chi connectivity index (χ1n) is 6.10. The van der Waals surface area contributed by atoms with Crippen molar-refractivity contribution >= 4 is 0 Å². The molecule has 1 aromatic rings. The highest BCUT2D eigenvalue weighted by Gasteiger charge is 2.40. The van der Waals surface area contributed by atoms with Crippen LogP contribution in [0.4, 0.5) is 0 Å². The highest BCUT2D eigenvalue weighted by Crippen LogP contribution is 2.37. The van der Waals surface area contributed by atoms with E-state index < -0.39 is 0 Å². The summed E-state index contributed by atoms with van der Waals surface area (Å²) in [5.41, 5.74) is 1.96. The van der Waals surface area contributed by atoms with Crippen molar-refractivity contribution in [3.63, 3.8) is 0 Å². The Balaban J connectivity index is 2.02.